The molecular formula is C14H19N5O3S. The molecule has 1 fully saturated rings. The van der Waals surface area contributed by atoms with Crippen molar-refractivity contribution in [1.82, 2.24) is 24.1 Å². The molecular weight excluding hydrogens is 318 g/mol. The van der Waals surface area contributed by atoms with E-state index in [1.54, 1.807) is 25.5 Å². The maximum absolute atomic E-state index is 12.7. The Labute approximate surface area is 135 Å². The minimum Gasteiger partial charge on any atom is -0.380 e. The fraction of sp³-hybridized carbons (Fsp3) is 0.500. The lowest BCUT2D eigenvalue weighted by molar-refractivity contribution is 0.122. The van der Waals surface area contributed by atoms with Crippen molar-refractivity contribution < 1.29 is 13.2 Å². The first-order valence-corrected chi connectivity index (χ1v) is 8.82. The Bertz CT molecular complexity index is 747. The molecule has 0 radical (unpaired) electrons. The van der Waals surface area contributed by atoms with Crippen molar-refractivity contribution in [1.29, 1.82) is 0 Å². The Hall–Kier alpha value is -1.84. The molecule has 1 atom stereocenters. The topological polar surface area (TPSA) is 90.2 Å². The van der Waals surface area contributed by atoms with Crippen molar-refractivity contribution in [2.24, 2.45) is 13.0 Å². The number of hydrogen-bond donors (Lipinski definition) is 0. The van der Waals surface area contributed by atoms with Crippen molar-refractivity contribution in [3.8, 4) is 0 Å². The summed E-state index contributed by atoms with van der Waals surface area (Å²) in [6.45, 7) is 1.60. The molecule has 8 nitrogen and oxygen atoms in total. The lowest BCUT2D eigenvalue weighted by Crippen LogP contribution is -2.36. The van der Waals surface area contributed by atoms with Crippen LogP contribution in [0.1, 0.15) is 5.82 Å². The molecule has 2 aromatic rings. The first-order chi connectivity index (χ1) is 11.1. The van der Waals surface area contributed by atoms with Gasteiger partial charge in [0.25, 0.3) is 0 Å². The van der Waals surface area contributed by atoms with Gasteiger partial charge in [0, 0.05) is 51.1 Å². The molecule has 2 aromatic heterocycles. The Kier molecular flexibility index (Phi) is 4.69. The molecule has 0 spiro atoms. The highest BCUT2D eigenvalue weighted by molar-refractivity contribution is 7.89. The van der Waals surface area contributed by atoms with E-state index in [0.717, 1.165) is 0 Å². The maximum atomic E-state index is 12.7. The number of ether oxygens (including phenoxy) is 1. The van der Waals surface area contributed by atoms with E-state index in [-0.39, 0.29) is 10.8 Å². The standard InChI is InChI=1S/C14H19N5O3S/c1-18-10-13(8-17-18)23(20,21)19-5-6-22-11-12(9-19)7-14-15-3-2-4-16-14/h2-4,8,10,12H,5-7,9,11H2,1H3. The van der Waals surface area contributed by atoms with Crippen LogP contribution in [0.3, 0.4) is 0 Å². The van der Waals surface area contributed by atoms with Gasteiger partial charge in [0.2, 0.25) is 10.0 Å². The Morgan fingerprint density at radius 1 is 1.35 bits per heavy atom. The first kappa shape index (κ1) is 16.0. The molecule has 124 valence electrons. The predicted molar refractivity (Wildman–Crippen MR) is 82.0 cm³/mol. The Balaban J connectivity index is 1.77. The third kappa shape index (κ3) is 3.74. The zero-order chi connectivity index (χ0) is 16.3. The van der Waals surface area contributed by atoms with Crippen molar-refractivity contribution in [3.05, 3.63) is 36.7 Å². The average molecular weight is 337 g/mol. The summed E-state index contributed by atoms with van der Waals surface area (Å²) in [4.78, 5) is 8.61. The number of nitrogens with zero attached hydrogens (tertiary/aromatic N) is 5. The summed E-state index contributed by atoms with van der Waals surface area (Å²) >= 11 is 0. The minimum absolute atomic E-state index is 0.0198. The van der Waals surface area contributed by atoms with Gasteiger partial charge in [-0.2, -0.15) is 9.40 Å². The van der Waals surface area contributed by atoms with Crippen LogP contribution < -0.4 is 0 Å². The van der Waals surface area contributed by atoms with Crippen LogP contribution in [0.2, 0.25) is 0 Å². The summed E-state index contributed by atoms with van der Waals surface area (Å²) in [5.74, 6) is 0.716. The summed E-state index contributed by atoms with van der Waals surface area (Å²) in [5, 5.41) is 3.95. The molecule has 0 amide bonds. The van der Waals surface area contributed by atoms with E-state index in [1.165, 1.54) is 21.4 Å². The van der Waals surface area contributed by atoms with Crippen molar-refractivity contribution in [3.63, 3.8) is 0 Å². The second-order valence-electron chi connectivity index (χ2n) is 5.52. The normalized spacial score (nSPS) is 20.3. The van der Waals surface area contributed by atoms with Gasteiger partial charge in [-0.3, -0.25) is 4.68 Å². The molecule has 9 heteroatoms. The number of rotatable bonds is 4. The monoisotopic (exact) mass is 337 g/mol. The number of sulfonamides is 1. The van der Waals surface area contributed by atoms with Crippen molar-refractivity contribution in [2.45, 2.75) is 11.3 Å². The molecule has 0 aromatic carbocycles. The third-order valence-corrected chi connectivity index (χ3v) is 5.53. The van der Waals surface area contributed by atoms with Crippen LogP contribution in [0.15, 0.2) is 35.7 Å². The van der Waals surface area contributed by atoms with Gasteiger partial charge in [-0.15, -0.1) is 0 Å². The maximum Gasteiger partial charge on any atom is 0.246 e. The van der Waals surface area contributed by atoms with Crippen LogP contribution in [0.5, 0.6) is 0 Å². The molecule has 1 saturated heterocycles. The molecule has 23 heavy (non-hydrogen) atoms. The number of hydrogen-bond acceptors (Lipinski definition) is 6. The molecule has 0 bridgehead atoms. The molecule has 3 rings (SSSR count). The zero-order valence-electron chi connectivity index (χ0n) is 12.9. The van der Waals surface area contributed by atoms with Gasteiger partial charge in [0.15, 0.2) is 0 Å². The molecule has 0 N–H and O–H groups in total. The highest BCUT2D eigenvalue weighted by Gasteiger charge is 2.30. The second-order valence-corrected chi connectivity index (χ2v) is 7.46. The molecule has 1 aliphatic rings. The van der Waals surface area contributed by atoms with Crippen LogP contribution >= 0.6 is 0 Å². The van der Waals surface area contributed by atoms with Crippen LogP contribution in [-0.4, -0.2) is 58.8 Å². The van der Waals surface area contributed by atoms with E-state index in [1.807, 2.05) is 0 Å². The van der Waals surface area contributed by atoms with Crippen LogP contribution in [-0.2, 0) is 28.2 Å². The van der Waals surface area contributed by atoms with Gasteiger partial charge in [-0.05, 0) is 6.07 Å². The molecule has 3 heterocycles. The fourth-order valence-electron chi connectivity index (χ4n) is 2.56. The van der Waals surface area contributed by atoms with Gasteiger partial charge in [-0.25, -0.2) is 18.4 Å². The van der Waals surface area contributed by atoms with Crippen molar-refractivity contribution in [2.75, 3.05) is 26.3 Å². The highest BCUT2D eigenvalue weighted by Crippen LogP contribution is 2.19. The van der Waals surface area contributed by atoms with Crippen LogP contribution in [0, 0.1) is 5.92 Å². The van der Waals surface area contributed by atoms with Gasteiger partial charge < -0.3 is 4.74 Å². The Morgan fingerprint density at radius 3 is 2.83 bits per heavy atom. The van der Waals surface area contributed by atoms with E-state index in [9.17, 15) is 8.42 Å². The summed E-state index contributed by atoms with van der Waals surface area (Å²) in [7, 11) is -1.87. The molecule has 1 unspecified atom stereocenters. The zero-order valence-corrected chi connectivity index (χ0v) is 13.7. The fourth-order valence-corrected chi connectivity index (χ4v) is 4.05. The van der Waals surface area contributed by atoms with Gasteiger partial charge in [-0.1, -0.05) is 0 Å². The predicted octanol–water partition coefficient (Wildman–Crippen LogP) is 0.0899. The quantitative estimate of drug-likeness (QED) is 0.785. The second kappa shape index (κ2) is 6.73. The SMILES string of the molecule is Cn1cc(S(=O)(=O)N2CCOCC(Cc3ncccn3)C2)cn1. The van der Waals surface area contributed by atoms with E-state index in [4.69, 9.17) is 4.74 Å². The van der Waals surface area contributed by atoms with E-state index < -0.39 is 10.0 Å². The first-order valence-electron chi connectivity index (χ1n) is 7.38. The van der Waals surface area contributed by atoms with Gasteiger partial charge in [0.1, 0.15) is 10.7 Å². The van der Waals surface area contributed by atoms with E-state index in [2.05, 4.69) is 15.1 Å². The molecule has 1 aliphatic heterocycles. The van der Waals surface area contributed by atoms with Gasteiger partial charge in [0.05, 0.1) is 19.4 Å². The summed E-state index contributed by atoms with van der Waals surface area (Å²) in [6, 6.07) is 1.76. The smallest absolute Gasteiger partial charge is 0.246 e. The Morgan fingerprint density at radius 2 is 2.13 bits per heavy atom. The summed E-state index contributed by atoms with van der Waals surface area (Å²) < 4.78 is 34.0. The van der Waals surface area contributed by atoms with Crippen LogP contribution in [0.25, 0.3) is 0 Å². The van der Waals surface area contributed by atoms with Crippen LogP contribution in [0.4, 0.5) is 0 Å². The minimum atomic E-state index is -3.56. The number of aromatic nitrogens is 4. The van der Waals surface area contributed by atoms with Crippen molar-refractivity contribution >= 4 is 10.0 Å². The molecule has 0 saturated carbocycles. The number of aryl methyl sites for hydroxylation is 1. The lowest BCUT2D eigenvalue weighted by Gasteiger charge is -2.22. The largest absolute Gasteiger partial charge is 0.380 e. The summed E-state index contributed by atoms with van der Waals surface area (Å²) in [6.07, 6.45) is 6.83. The third-order valence-electron chi connectivity index (χ3n) is 3.71. The molecule has 0 aliphatic carbocycles. The highest BCUT2D eigenvalue weighted by atomic mass is 32.2. The summed E-state index contributed by atoms with van der Waals surface area (Å²) in [5.41, 5.74) is 0. The van der Waals surface area contributed by atoms with E-state index in [0.29, 0.717) is 38.5 Å². The average Bonchev–Trinajstić information content (AvgIpc) is 2.84. The van der Waals surface area contributed by atoms with Gasteiger partial charge >= 0.3 is 0 Å². The lowest BCUT2D eigenvalue weighted by atomic mass is 10.1. The van der Waals surface area contributed by atoms with E-state index >= 15 is 0 Å².